The van der Waals surface area contributed by atoms with Crippen LogP contribution in [0.1, 0.15) is 41.4 Å². The molecule has 0 aromatic heterocycles. The molecule has 2 aliphatic rings. The van der Waals surface area contributed by atoms with Crippen molar-refractivity contribution < 1.29 is 46.1 Å². The van der Waals surface area contributed by atoms with Gasteiger partial charge in [0.15, 0.2) is 0 Å². The largest absolute Gasteiger partial charge is 1.00 e. The van der Waals surface area contributed by atoms with Gasteiger partial charge in [0.1, 0.15) is 0 Å². The summed E-state index contributed by atoms with van der Waals surface area (Å²) in [7, 11) is 0. The van der Waals surface area contributed by atoms with E-state index in [-0.39, 0.29) is 24.8 Å². The third kappa shape index (κ3) is 3.70. The minimum absolute atomic E-state index is 0. The maximum absolute atomic E-state index is 2.71. The van der Waals surface area contributed by atoms with E-state index < -0.39 is 21.3 Å². The maximum atomic E-state index is 2.71. The summed E-state index contributed by atoms with van der Waals surface area (Å²) < 4.78 is 5.14. The molecule has 0 heterocycles. The van der Waals surface area contributed by atoms with Crippen molar-refractivity contribution >= 4 is 3.71 Å². The maximum Gasteiger partial charge on any atom is -1.00 e. The molecule has 0 radical (unpaired) electrons. The standard InChI is InChI=1S/C13H9.C6H7.C3H6.2ClH.Zr/c1-3-7-12-10(5-1)9-11-6-2-4-8-13(11)12;1-6-4-2-3-5-6;1-3-2;;;/h1-9H;4-5H,2H2,1H3;1H,3H2,2H3;2*1H;/q;;;;;+2/p-2. The van der Waals surface area contributed by atoms with Crippen molar-refractivity contribution in [3.63, 3.8) is 0 Å². The van der Waals surface area contributed by atoms with Gasteiger partial charge in [0.05, 0.1) is 0 Å². The van der Waals surface area contributed by atoms with E-state index in [1.54, 1.807) is 14.4 Å². The first-order chi connectivity index (χ1) is 11.3. The van der Waals surface area contributed by atoms with Gasteiger partial charge in [0.2, 0.25) is 0 Å². The molecule has 0 atom stereocenters. The third-order valence-electron chi connectivity index (χ3n) is 4.99. The normalized spacial score (nSPS) is 14.8. The van der Waals surface area contributed by atoms with Gasteiger partial charge in [-0.15, -0.1) is 0 Å². The molecule has 2 aromatic carbocycles. The average molecular weight is 449 g/mol. The molecule has 0 saturated heterocycles. The van der Waals surface area contributed by atoms with E-state index in [1.807, 2.05) is 0 Å². The number of benzene rings is 2. The molecule has 0 N–H and O–H groups in total. The van der Waals surface area contributed by atoms with E-state index in [2.05, 4.69) is 78.2 Å². The molecule has 0 fully saturated rings. The Balaban J connectivity index is 0.00000113. The molecule has 0 unspecified atom stereocenters. The minimum atomic E-state index is -1.86. The Morgan fingerprint density at radius 1 is 0.960 bits per heavy atom. The van der Waals surface area contributed by atoms with E-state index >= 15 is 0 Å². The van der Waals surface area contributed by atoms with Crippen molar-refractivity contribution in [2.24, 2.45) is 0 Å². The first kappa shape index (κ1) is 20.6. The Morgan fingerprint density at radius 2 is 1.52 bits per heavy atom. The zero-order chi connectivity index (χ0) is 15.8. The monoisotopic (exact) mass is 446 g/mol. The van der Waals surface area contributed by atoms with Crippen LogP contribution in [0.3, 0.4) is 0 Å². The summed E-state index contributed by atoms with van der Waals surface area (Å²) in [6.07, 6.45) is 7.29. The van der Waals surface area contributed by atoms with Crippen LogP contribution >= 0.6 is 0 Å². The fourth-order valence-electron chi connectivity index (χ4n) is 4.01. The summed E-state index contributed by atoms with van der Waals surface area (Å²) in [4.78, 5) is 0. The van der Waals surface area contributed by atoms with Gasteiger partial charge < -0.3 is 24.8 Å². The minimum Gasteiger partial charge on any atom is -1.00 e. The molecule has 2 aromatic rings. The van der Waals surface area contributed by atoms with Gasteiger partial charge in [-0.05, 0) is 0 Å². The predicted octanol–water partition coefficient (Wildman–Crippen LogP) is -0.171. The second-order valence-electron chi connectivity index (χ2n) is 6.50. The van der Waals surface area contributed by atoms with Crippen molar-refractivity contribution in [3.05, 3.63) is 80.7 Å². The number of hydrogen-bond acceptors (Lipinski definition) is 0. The zero-order valence-electron chi connectivity index (χ0n) is 14.6. The van der Waals surface area contributed by atoms with E-state index in [0.717, 1.165) is 0 Å². The van der Waals surface area contributed by atoms with Crippen molar-refractivity contribution in [1.82, 2.24) is 0 Å². The molecule has 0 bridgehead atoms. The number of hydrogen-bond donors (Lipinski definition) is 0. The molecule has 3 heteroatoms. The number of allylic oxidation sites excluding steroid dienone is 4. The molecule has 2 aliphatic carbocycles. The Labute approximate surface area is 171 Å². The second-order valence-corrected chi connectivity index (χ2v) is 12.7. The summed E-state index contributed by atoms with van der Waals surface area (Å²) in [5.74, 6) is 0. The van der Waals surface area contributed by atoms with Gasteiger partial charge >= 0.3 is 147 Å². The summed E-state index contributed by atoms with van der Waals surface area (Å²) in [5.41, 5.74) is 7.57. The Hall–Kier alpha value is -0.747. The Morgan fingerprint density at radius 3 is 2.00 bits per heavy atom. The van der Waals surface area contributed by atoms with E-state index in [9.17, 15) is 0 Å². The van der Waals surface area contributed by atoms with Gasteiger partial charge in [-0.25, -0.2) is 0 Å². The fraction of sp³-hybridized carbons (Fsp3) is 0.227. The Kier molecular flexibility index (Phi) is 7.21. The molecule has 0 nitrogen and oxygen atoms in total. The van der Waals surface area contributed by atoms with Crippen LogP contribution in [-0.4, -0.2) is 3.71 Å². The van der Waals surface area contributed by atoms with Gasteiger partial charge in [0, 0.05) is 0 Å². The number of fused-ring (bicyclic) bond motifs is 3. The van der Waals surface area contributed by atoms with Crippen molar-refractivity contribution in [3.8, 4) is 11.1 Å². The van der Waals surface area contributed by atoms with Crippen LogP contribution in [0.2, 0.25) is 0 Å². The molecular weight excluding hydrogens is 426 g/mol. The van der Waals surface area contributed by atoms with Crippen molar-refractivity contribution in [2.45, 2.75) is 30.3 Å². The zero-order valence-corrected chi connectivity index (χ0v) is 18.6. The second kappa shape index (κ2) is 8.76. The summed E-state index contributed by atoms with van der Waals surface area (Å²) in [5, 5.41) is 0. The smallest absolute Gasteiger partial charge is 1.00 e. The van der Waals surface area contributed by atoms with E-state index in [0.29, 0.717) is 3.63 Å². The first-order valence-corrected chi connectivity index (χ1v) is 12.6. The van der Waals surface area contributed by atoms with Crippen molar-refractivity contribution in [2.75, 3.05) is 0 Å². The van der Waals surface area contributed by atoms with Crippen LogP contribution < -0.4 is 24.8 Å². The molecule has 25 heavy (non-hydrogen) atoms. The molecule has 0 aliphatic heterocycles. The molecule has 0 amide bonds. The van der Waals surface area contributed by atoms with Crippen LogP contribution in [0.15, 0.2) is 69.5 Å². The van der Waals surface area contributed by atoms with E-state index in [4.69, 9.17) is 0 Å². The SMILES string of the molecule is CC/[CH]=[Zr+2](/[C]1=CC(C)=CC1)[CH]1c2ccccc2-c2ccccc21.[Cl-].[Cl-]. The van der Waals surface area contributed by atoms with Crippen LogP contribution in [-0.2, 0) is 21.3 Å². The fourth-order valence-corrected chi connectivity index (χ4v) is 11.9. The molecule has 4 rings (SSSR count). The quantitative estimate of drug-likeness (QED) is 0.612. The van der Waals surface area contributed by atoms with E-state index in [1.165, 1.54) is 29.5 Å². The average Bonchev–Trinajstić information content (AvgIpc) is 3.15. The topological polar surface area (TPSA) is 0 Å². The van der Waals surface area contributed by atoms with Crippen molar-refractivity contribution in [1.29, 1.82) is 0 Å². The number of rotatable bonds is 3. The van der Waals surface area contributed by atoms with Crippen LogP contribution in [0.25, 0.3) is 11.1 Å². The van der Waals surface area contributed by atoms with Crippen LogP contribution in [0.5, 0.6) is 0 Å². The summed E-state index contributed by atoms with van der Waals surface area (Å²) >= 11 is -1.86. The third-order valence-corrected chi connectivity index (χ3v) is 12.8. The first-order valence-electron chi connectivity index (χ1n) is 8.55. The van der Waals surface area contributed by atoms with Crippen LogP contribution in [0.4, 0.5) is 0 Å². The van der Waals surface area contributed by atoms with Gasteiger partial charge in [-0.1, -0.05) is 0 Å². The summed E-state index contributed by atoms with van der Waals surface area (Å²) in [6, 6.07) is 18.2. The van der Waals surface area contributed by atoms with Gasteiger partial charge in [0.25, 0.3) is 0 Å². The molecule has 0 spiro atoms. The number of halogens is 2. The molecule has 128 valence electrons. The van der Waals surface area contributed by atoms with Gasteiger partial charge in [-0.3, -0.25) is 0 Å². The van der Waals surface area contributed by atoms with Crippen LogP contribution in [0, 0.1) is 0 Å². The Bertz CT molecular complexity index is 816. The predicted molar refractivity (Wildman–Crippen MR) is 96.5 cm³/mol. The molecule has 0 saturated carbocycles. The van der Waals surface area contributed by atoms with Gasteiger partial charge in [-0.2, -0.15) is 0 Å². The summed E-state index contributed by atoms with van der Waals surface area (Å²) in [6.45, 7) is 4.55. The molecular formula is C22H22Cl2Zr.